The van der Waals surface area contributed by atoms with E-state index in [4.69, 9.17) is 14.1 Å². The second-order valence-corrected chi connectivity index (χ2v) is 15.4. The van der Waals surface area contributed by atoms with Crippen LogP contribution in [0.5, 0.6) is 11.5 Å². The molecule has 0 spiro atoms. The number of para-hydroxylation sites is 1. The van der Waals surface area contributed by atoms with Crippen LogP contribution in [0, 0.1) is 18.5 Å². The molecule has 6 nitrogen and oxygen atoms in total. The maximum atomic E-state index is 6.53. The smallest absolute Gasteiger partial charge is 0.246 e. The number of ether oxygens (including phenoxy) is 1. The molecule has 0 atom stereocenters. The van der Waals surface area contributed by atoms with E-state index in [2.05, 4.69) is 153 Å². The summed E-state index contributed by atoms with van der Waals surface area (Å²) in [5.41, 5.74) is 11.9. The van der Waals surface area contributed by atoms with Gasteiger partial charge in [0.25, 0.3) is 0 Å². The van der Waals surface area contributed by atoms with Crippen molar-refractivity contribution in [3.8, 4) is 62.1 Å². The fourth-order valence-electron chi connectivity index (χ4n) is 7.87. The number of fused-ring (bicyclic) bond motifs is 4. The second-order valence-electron chi connectivity index (χ2n) is 15.4. The van der Waals surface area contributed by atoms with E-state index in [0.29, 0.717) is 17.2 Å². The van der Waals surface area contributed by atoms with E-state index in [9.17, 15) is 0 Å². The van der Waals surface area contributed by atoms with Crippen molar-refractivity contribution in [1.82, 2.24) is 14.0 Å². The van der Waals surface area contributed by atoms with Crippen LogP contribution in [-0.2, 0) is 33.5 Å². The maximum Gasteiger partial charge on any atom is 0.246 e. The van der Waals surface area contributed by atoms with E-state index in [1.165, 1.54) is 5.56 Å². The molecule has 0 N–H and O–H groups in total. The van der Waals surface area contributed by atoms with Crippen LogP contribution in [-0.4, -0.2) is 14.0 Å². The summed E-state index contributed by atoms with van der Waals surface area (Å²) in [5, 5.41) is 2.21. The van der Waals surface area contributed by atoms with Gasteiger partial charge in [-0.2, -0.15) is 6.07 Å². The van der Waals surface area contributed by atoms with Gasteiger partial charge in [0.1, 0.15) is 11.5 Å². The minimum absolute atomic E-state index is 0. The maximum absolute atomic E-state index is 6.53. The molecule has 10 rings (SSSR count). The van der Waals surface area contributed by atoms with Crippen LogP contribution in [0.3, 0.4) is 0 Å². The van der Waals surface area contributed by atoms with Gasteiger partial charge in [0, 0.05) is 44.3 Å². The Morgan fingerprint density at radius 1 is 0.690 bits per heavy atom. The summed E-state index contributed by atoms with van der Waals surface area (Å²) in [5.74, 6) is 1.99. The molecule has 0 radical (unpaired) electrons. The zero-order valence-corrected chi connectivity index (χ0v) is 34.7. The van der Waals surface area contributed by atoms with Gasteiger partial charge in [-0.3, -0.25) is 4.40 Å². The number of nitrogens with zero attached hydrogens (tertiary/aromatic N) is 4. The Kier molecular flexibility index (Phi) is 9.46. The minimum Gasteiger partial charge on any atom is -0.503 e. The van der Waals surface area contributed by atoms with Crippen molar-refractivity contribution >= 4 is 27.5 Å². The normalized spacial score (nSPS) is 11.7. The molecule has 0 unspecified atom stereocenters. The van der Waals surface area contributed by atoms with E-state index in [-0.39, 0.29) is 26.5 Å². The molecule has 7 heteroatoms. The van der Waals surface area contributed by atoms with Crippen molar-refractivity contribution in [3.63, 3.8) is 0 Å². The van der Waals surface area contributed by atoms with Gasteiger partial charge in [0.2, 0.25) is 12.0 Å². The van der Waals surface area contributed by atoms with E-state index < -0.39 is 0 Å². The van der Waals surface area contributed by atoms with Crippen molar-refractivity contribution in [2.45, 2.75) is 26.2 Å². The minimum atomic E-state index is -0.0229. The molecule has 4 aromatic heterocycles. The van der Waals surface area contributed by atoms with Crippen molar-refractivity contribution < 1.29 is 34.8 Å². The van der Waals surface area contributed by atoms with Crippen LogP contribution in [0.2, 0.25) is 0 Å². The Hall–Kier alpha value is -6.49. The Morgan fingerprint density at radius 2 is 1.36 bits per heavy atom. The van der Waals surface area contributed by atoms with E-state index >= 15 is 0 Å². The zero-order valence-electron chi connectivity index (χ0n) is 32.4. The first kappa shape index (κ1) is 37.1. The molecule has 0 amide bonds. The fraction of sp³-hybridized carbons (Fsp3) is 0.0980. The fourth-order valence-corrected chi connectivity index (χ4v) is 7.87. The molecule has 0 aliphatic carbocycles. The molecule has 58 heavy (non-hydrogen) atoms. The summed E-state index contributed by atoms with van der Waals surface area (Å²) in [6, 6.07) is 57.2. The molecule has 4 heterocycles. The third-order valence-electron chi connectivity index (χ3n) is 10.6. The Balaban J connectivity index is 0.00000436. The van der Waals surface area contributed by atoms with Crippen LogP contribution < -0.4 is 9.30 Å². The summed E-state index contributed by atoms with van der Waals surface area (Å²) < 4.78 is 19.1. The van der Waals surface area contributed by atoms with Gasteiger partial charge in [-0.05, 0) is 62.4 Å². The number of benzene rings is 6. The standard InChI is InChI=1S/C51H38N4O2.Pt/c1-51(2,3)37-27-28-52-47(30-37)55-44-24-12-11-21-42(44)43-26-25-39(31-45(43)55)57-38-20-13-19-36(29-38)46-32-56-50-49(53(4)33-54(46)50)48-40(34-15-7-5-8-16-34)22-14-23-41(48)35-17-9-6-10-18-35;/h5-28,30,32H,1-4H3;/q-2;. The number of pyridine rings is 1. The predicted octanol–water partition coefficient (Wildman–Crippen LogP) is 12.0. The SMILES string of the molecule is C[n+]1[c-]n2c(-c3[c-]c(Oc4[c-]c5c(cc4)c4ccccc4n5-c4cc(C(C)(C)C)ccn4)ccc3)coc2c1-c1c(-c2ccccc2)cccc1-c1ccccc1.[Pt]. The number of aromatic nitrogens is 4. The van der Waals surface area contributed by atoms with Gasteiger partial charge in [0.15, 0.2) is 0 Å². The summed E-state index contributed by atoms with van der Waals surface area (Å²) in [7, 11) is 2.02. The molecule has 0 bridgehead atoms. The molecule has 0 fully saturated rings. The van der Waals surface area contributed by atoms with Crippen LogP contribution in [0.25, 0.3) is 78.1 Å². The number of rotatable bonds is 7. The van der Waals surface area contributed by atoms with E-state index in [1.54, 1.807) is 6.26 Å². The Bertz CT molecular complexity index is 3040. The predicted molar refractivity (Wildman–Crippen MR) is 226 cm³/mol. The number of aryl methyl sites for hydroxylation is 1. The van der Waals surface area contributed by atoms with Gasteiger partial charge in [-0.25, -0.2) is 4.98 Å². The molecule has 286 valence electrons. The average molecular weight is 934 g/mol. The molecule has 0 saturated carbocycles. The summed E-state index contributed by atoms with van der Waals surface area (Å²) in [6.45, 7) is 6.65. The Morgan fingerprint density at radius 3 is 2.09 bits per heavy atom. The van der Waals surface area contributed by atoms with E-state index in [1.807, 2.05) is 58.6 Å². The first-order chi connectivity index (χ1) is 27.8. The molecule has 0 saturated heterocycles. The Labute approximate surface area is 351 Å². The summed E-state index contributed by atoms with van der Waals surface area (Å²) in [4.78, 5) is 4.82. The van der Waals surface area contributed by atoms with Gasteiger partial charge in [-0.1, -0.05) is 135 Å². The molecule has 0 aliphatic heterocycles. The van der Waals surface area contributed by atoms with Gasteiger partial charge >= 0.3 is 0 Å². The van der Waals surface area contributed by atoms with Crippen molar-refractivity contribution in [1.29, 1.82) is 0 Å². The zero-order chi connectivity index (χ0) is 38.7. The largest absolute Gasteiger partial charge is 0.503 e. The number of hydrogen-bond acceptors (Lipinski definition) is 3. The van der Waals surface area contributed by atoms with Crippen molar-refractivity contribution in [2.75, 3.05) is 0 Å². The first-order valence-corrected chi connectivity index (χ1v) is 19.1. The molecule has 0 aliphatic rings. The summed E-state index contributed by atoms with van der Waals surface area (Å²) in [6.07, 6.45) is 7.19. The molecular weight excluding hydrogens is 896 g/mol. The van der Waals surface area contributed by atoms with Gasteiger partial charge in [-0.15, -0.1) is 35.7 Å². The third-order valence-corrected chi connectivity index (χ3v) is 10.6. The average Bonchev–Trinajstić information content (AvgIpc) is 3.90. The van der Waals surface area contributed by atoms with Gasteiger partial charge < -0.3 is 18.3 Å². The second kappa shape index (κ2) is 14.8. The topological polar surface area (TPSA) is 48.5 Å². The molecule has 6 aromatic carbocycles. The number of imidazole rings is 1. The van der Waals surface area contributed by atoms with Crippen LogP contribution in [0.1, 0.15) is 26.3 Å². The van der Waals surface area contributed by atoms with Crippen LogP contribution in [0.4, 0.5) is 0 Å². The third kappa shape index (κ3) is 6.44. The van der Waals surface area contributed by atoms with Gasteiger partial charge in [0.05, 0.1) is 19.0 Å². The number of hydrogen-bond donors (Lipinski definition) is 0. The summed E-state index contributed by atoms with van der Waals surface area (Å²) >= 11 is 0. The monoisotopic (exact) mass is 933 g/mol. The van der Waals surface area contributed by atoms with Crippen molar-refractivity contribution in [2.24, 2.45) is 7.05 Å². The molecule has 10 aromatic rings. The van der Waals surface area contributed by atoms with Crippen LogP contribution >= 0.6 is 0 Å². The quantitative estimate of drug-likeness (QED) is 0.118. The van der Waals surface area contributed by atoms with Crippen LogP contribution in [0.15, 0.2) is 162 Å². The van der Waals surface area contributed by atoms with E-state index in [0.717, 1.165) is 72.4 Å². The molecular formula is C51H38N4O2Pt-2. The first-order valence-electron chi connectivity index (χ1n) is 19.1. The van der Waals surface area contributed by atoms with Crippen molar-refractivity contribution in [3.05, 3.63) is 182 Å². The number of oxazole rings is 1.